The van der Waals surface area contributed by atoms with Crippen molar-refractivity contribution in [2.45, 2.75) is 65.0 Å². The van der Waals surface area contributed by atoms with Crippen LogP contribution in [-0.4, -0.2) is 35.7 Å². The van der Waals surface area contributed by atoms with E-state index in [0.717, 1.165) is 17.4 Å². The van der Waals surface area contributed by atoms with E-state index in [4.69, 9.17) is 4.42 Å². The van der Waals surface area contributed by atoms with E-state index in [1.165, 1.54) is 6.42 Å². The van der Waals surface area contributed by atoms with Crippen LogP contribution in [0.5, 0.6) is 0 Å². The number of Topliss-reactive ketones (excluding diaryl/α,β-unsaturated/α-hetero) is 1. The summed E-state index contributed by atoms with van der Waals surface area (Å²) in [5.74, 6) is 3.43. The van der Waals surface area contributed by atoms with Crippen LogP contribution in [0, 0.1) is 5.92 Å². The molecule has 1 N–H and O–H groups in total. The molecule has 2 rings (SSSR count). The van der Waals surface area contributed by atoms with Crippen molar-refractivity contribution in [3.8, 4) is 0 Å². The fourth-order valence-electron chi connectivity index (χ4n) is 3.14. The Hall–Kier alpha value is -1.62. The van der Waals surface area contributed by atoms with Crippen LogP contribution < -0.4 is 5.32 Å². The molecule has 0 saturated heterocycles. The lowest BCUT2D eigenvalue weighted by molar-refractivity contribution is -0.124. The summed E-state index contributed by atoms with van der Waals surface area (Å²) in [4.78, 5) is 25.4. The van der Waals surface area contributed by atoms with Crippen molar-refractivity contribution in [1.29, 1.82) is 0 Å². The molecule has 5 heteroatoms. The molecule has 1 saturated carbocycles. The first kappa shape index (κ1) is 18.7. The van der Waals surface area contributed by atoms with Crippen molar-refractivity contribution in [2.24, 2.45) is 5.92 Å². The topological polar surface area (TPSA) is 62.6 Å². The maximum absolute atomic E-state index is 12.1. The Morgan fingerprint density at radius 1 is 1.38 bits per heavy atom. The fourth-order valence-corrected chi connectivity index (χ4v) is 3.14. The number of nitrogens with one attached hydrogen (secondary N) is 1. The van der Waals surface area contributed by atoms with Crippen LogP contribution in [0.2, 0.25) is 0 Å². The third-order valence-electron chi connectivity index (χ3n) is 4.47. The first-order valence-corrected chi connectivity index (χ1v) is 8.74. The zero-order valence-electron chi connectivity index (χ0n) is 15.5. The smallest absolute Gasteiger partial charge is 0.221 e. The van der Waals surface area contributed by atoms with Crippen LogP contribution in [0.4, 0.5) is 0 Å². The van der Waals surface area contributed by atoms with Crippen LogP contribution in [0.15, 0.2) is 16.5 Å². The Balaban J connectivity index is 1.72. The molecule has 1 aromatic heterocycles. The van der Waals surface area contributed by atoms with Crippen molar-refractivity contribution in [3.05, 3.63) is 23.7 Å². The molecule has 1 aromatic rings. The zero-order chi connectivity index (χ0) is 17.9. The van der Waals surface area contributed by atoms with E-state index in [0.29, 0.717) is 31.8 Å². The van der Waals surface area contributed by atoms with Gasteiger partial charge in [0.25, 0.3) is 0 Å². The average Bonchev–Trinajstić information content (AvgIpc) is 2.98. The second kappa shape index (κ2) is 7.51. The number of amides is 1. The number of nitrogens with zero attached hydrogens (tertiary/aromatic N) is 1. The molecule has 0 unspecified atom stereocenters. The number of hydrogen-bond acceptors (Lipinski definition) is 4. The predicted molar refractivity (Wildman–Crippen MR) is 93.7 cm³/mol. The van der Waals surface area contributed by atoms with Gasteiger partial charge in [0.15, 0.2) is 0 Å². The minimum atomic E-state index is -0.488. The Kier molecular flexibility index (Phi) is 5.86. The molecule has 134 valence electrons. The molecule has 24 heavy (non-hydrogen) atoms. The number of rotatable bonds is 9. The van der Waals surface area contributed by atoms with E-state index >= 15 is 0 Å². The predicted octanol–water partition coefficient (Wildman–Crippen LogP) is 3.10. The molecule has 0 aliphatic heterocycles. The lowest BCUT2D eigenvalue weighted by atomic mass is 9.98. The van der Waals surface area contributed by atoms with E-state index in [1.54, 1.807) is 6.92 Å². The quantitative estimate of drug-likeness (QED) is 0.754. The van der Waals surface area contributed by atoms with Crippen molar-refractivity contribution in [2.75, 3.05) is 13.6 Å². The zero-order valence-corrected chi connectivity index (χ0v) is 15.5. The van der Waals surface area contributed by atoms with Gasteiger partial charge in [-0.2, -0.15) is 0 Å². The molecule has 5 nitrogen and oxygen atoms in total. The van der Waals surface area contributed by atoms with E-state index < -0.39 is 5.54 Å². The first-order valence-electron chi connectivity index (χ1n) is 8.74. The molecule has 0 bridgehead atoms. The lowest BCUT2D eigenvalue weighted by Gasteiger charge is -2.25. The highest BCUT2D eigenvalue weighted by Gasteiger charge is 2.36. The monoisotopic (exact) mass is 334 g/mol. The normalized spacial score (nSPS) is 20.2. The van der Waals surface area contributed by atoms with Crippen molar-refractivity contribution < 1.29 is 14.0 Å². The number of hydrogen-bond donors (Lipinski definition) is 1. The van der Waals surface area contributed by atoms with Crippen molar-refractivity contribution in [1.82, 2.24) is 10.2 Å². The van der Waals surface area contributed by atoms with Gasteiger partial charge in [-0.05, 0) is 52.3 Å². The van der Waals surface area contributed by atoms with Gasteiger partial charge < -0.3 is 9.73 Å². The highest BCUT2D eigenvalue weighted by Crippen LogP contribution is 2.47. The van der Waals surface area contributed by atoms with E-state index in [-0.39, 0.29) is 11.7 Å². The molecule has 2 atom stereocenters. The maximum atomic E-state index is 12.1. The molecular weight excluding hydrogens is 304 g/mol. The van der Waals surface area contributed by atoms with Gasteiger partial charge in [-0.1, -0.05) is 6.92 Å². The highest BCUT2D eigenvalue weighted by atomic mass is 16.3. The van der Waals surface area contributed by atoms with E-state index in [9.17, 15) is 9.59 Å². The highest BCUT2D eigenvalue weighted by molar-refractivity contribution is 5.80. The number of ketones is 1. The van der Waals surface area contributed by atoms with Gasteiger partial charge in [-0.3, -0.25) is 14.5 Å². The molecule has 0 spiro atoms. The van der Waals surface area contributed by atoms with Crippen molar-refractivity contribution in [3.63, 3.8) is 0 Å². The van der Waals surface area contributed by atoms with Crippen molar-refractivity contribution >= 4 is 11.7 Å². The van der Waals surface area contributed by atoms with Gasteiger partial charge in [0.1, 0.15) is 17.3 Å². The van der Waals surface area contributed by atoms with Crippen LogP contribution >= 0.6 is 0 Å². The molecule has 0 aromatic carbocycles. The minimum Gasteiger partial charge on any atom is -0.464 e. The van der Waals surface area contributed by atoms with Gasteiger partial charge >= 0.3 is 0 Å². The Labute approximate surface area is 144 Å². The van der Waals surface area contributed by atoms with Gasteiger partial charge in [-0.15, -0.1) is 0 Å². The van der Waals surface area contributed by atoms with Gasteiger partial charge in [-0.25, -0.2) is 0 Å². The van der Waals surface area contributed by atoms with E-state index in [2.05, 4.69) is 23.2 Å². The Morgan fingerprint density at radius 2 is 2.04 bits per heavy atom. The lowest BCUT2D eigenvalue weighted by Crippen LogP contribution is -2.45. The largest absolute Gasteiger partial charge is 0.464 e. The van der Waals surface area contributed by atoms with E-state index in [1.807, 2.05) is 27.0 Å². The van der Waals surface area contributed by atoms with Crippen LogP contribution in [0.3, 0.4) is 0 Å². The standard InChI is InChI=1S/C19H30N2O3/c1-13-10-16(13)17-7-6-15(24-17)12-21(5)9-8-18(23)20-19(3,4)11-14(2)22/h6-7,13,16H,8-12H2,1-5H3,(H,20,23)/t13-,16+/m0/s1. The average molecular weight is 334 g/mol. The molecule has 1 aliphatic rings. The van der Waals surface area contributed by atoms with Gasteiger partial charge in [0.2, 0.25) is 5.91 Å². The molecule has 1 heterocycles. The second-order valence-corrected chi connectivity index (χ2v) is 7.92. The fraction of sp³-hybridized carbons (Fsp3) is 0.684. The molecule has 0 radical (unpaired) electrons. The summed E-state index contributed by atoms with van der Waals surface area (Å²) in [5.41, 5.74) is -0.488. The van der Waals surface area contributed by atoms with Gasteiger partial charge in [0.05, 0.1) is 6.54 Å². The second-order valence-electron chi connectivity index (χ2n) is 7.92. The molecule has 1 aliphatic carbocycles. The Bertz CT molecular complexity index is 591. The summed E-state index contributed by atoms with van der Waals surface area (Å²) in [6, 6.07) is 4.11. The van der Waals surface area contributed by atoms with Gasteiger partial charge in [0, 0.05) is 30.8 Å². The summed E-state index contributed by atoms with van der Waals surface area (Å²) in [6.45, 7) is 8.88. The van der Waals surface area contributed by atoms with Crippen LogP contribution in [0.1, 0.15) is 64.4 Å². The third kappa shape index (κ3) is 5.78. The maximum Gasteiger partial charge on any atom is 0.221 e. The summed E-state index contributed by atoms with van der Waals surface area (Å²) < 4.78 is 5.90. The minimum absolute atomic E-state index is 0.0277. The number of carbonyl (C=O) groups is 2. The summed E-state index contributed by atoms with van der Waals surface area (Å²) in [6.07, 6.45) is 1.98. The Morgan fingerprint density at radius 3 is 2.62 bits per heavy atom. The third-order valence-corrected chi connectivity index (χ3v) is 4.47. The first-order chi connectivity index (χ1) is 11.2. The van der Waals surface area contributed by atoms with Crippen LogP contribution in [-0.2, 0) is 16.1 Å². The van der Waals surface area contributed by atoms with Crippen LogP contribution in [0.25, 0.3) is 0 Å². The molecule has 1 amide bonds. The molecule has 1 fully saturated rings. The summed E-state index contributed by atoms with van der Waals surface area (Å²) in [5, 5.41) is 2.93. The number of furan rings is 1. The summed E-state index contributed by atoms with van der Waals surface area (Å²) in [7, 11) is 1.98. The summed E-state index contributed by atoms with van der Waals surface area (Å²) >= 11 is 0. The molecular formula is C19H30N2O3. The SMILES string of the molecule is CC(=O)CC(C)(C)NC(=O)CCN(C)Cc1ccc([C@@H]2C[C@@H]2C)o1. The number of carbonyl (C=O) groups excluding carboxylic acids is 2.